The van der Waals surface area contributed by atoms with Gasteiger partial charge in [0, 0.05) is 50.6 Å². The Morgan fingerprint density at radius 3 is 2.69 bits per heavy atom. The maximum atomic E-state index is 13.2. The third kappa shape index (κ3) is 2.65. The number of fused-ring (bicyclic) bond motifs is 2. The number of carbonyl (C=O) groups excluding carboxylic acids is 1. The molecule has 2 aromatic carbocycles. The third-order valence-electron chi connectivity index (χ3n) is 4.98. The van der Waals surface area contributed by atoms with Gasteiger partial charge in [-0.25, -0.2) is 4.79 Å². The van der Waals surface area contributed by atoms with Gasteiger partial charge in [0.1, 0.15) is 0 Å². The predicted octanol–water partition coefficient (Wildman–Crippen LogP) is 3.92. The number of para-hydroxylation sites is 1. The molecule has 0 radical (unpaired) electrons. The molecule has 0 spiro atoms. The summed E-state index contributed by atoms with van der Waals surface area (Å²) >= 11 is 0. The lowest BCUT2D eigenvalue weighted by Crippen LogP contribution is -2.40. The van der Waals surface area contributed by atoms with E-state index in [4.69, 9.17) is 0 Å². The second kappa shape index (κ2) is 6.33. The average molecular weight is 346 g/mol. The van der Waals surface area contributed by atoms with Crippen molar-refractivity contribution in [1.29, 1.82) is 0 Å². The molecule has 26 heavy (non-hydrogen) atoms. The summed E-state index contributed by atoms with van der Waals surface area (Å²) in [5.74, 6) is 0. The van der Waals surface area contributed by atoms with E-state index in [1.54, 1.807) is 11.1 Å². The molecule has 3 aromatic rings. The first-order valence-electron chi connectivity index (χ1n) is 8.75. The molecule has 1 aliphatic heterocycles. The zero-order chi connectivity index (χ0) is 18.3. The van der Waals surface area contributed by atoms with Gasteiger partial charge in [0.05, 0.1) is 11.2 Å². The summed E-state index contributed by atoms with van der Waals surface area (Å²) < 4.78 is 0. The summed E-state index contributed by atoms with van der Waals surface area (Å²) in [7, 11) is 5.89. The zero-order valence-corrected chi connectivity index (χ0v) is 15.3. The van der Waals surface area contributed by atoms with Crippen LogP contribution in [0.15, 0.2) is 54.7 Å². The van der Waals surface area contributed by atoms with Gasteiger partial charge in [-0.3, -0.25) is 14.8 Å². The molecule has 5 nitrogen and oxygen atoms in total. The van der Waals surface area contributed by atoms with Gasteiger partial charge in [-0.2, -0.15) is 0 Å². The Balaban J connectivity index is 1.67. The summed E-state index contributed by atoms with van der Waals surface area (Å²) in [6.45, 7) is 0.707. The topological polar surface area (TPSA) is 39.7 Å². The standard InChI is InChI=1S/C21H22N4O/c1-23(2)16-8-9-19-15(14-16)11-13-25(19)21(26)24(3)20-10-12-22-18-7-5-4-6-17(18)20/h4-10,12,14H,11,13H2,1-3H3. The first-order chi connectivity index (χ1) is 12.6. The van der Waals surface area contributed by atoms with E-state index in [2.05, 4.69) is 22.0 Å². The van der Waals surface area contributed by atoms with E-state index in [1.165, 1.54) is 5.56 Å². The Kier molecular flexibility index (Phi) is 3.99. The largest absolute Gasteiger partial charge is 0.378 e. The molecule has 0 saturated carbocycles. The van der Waals surface area contributed by atoms with Gasteiger partial charge >= 0.3 is 6.03 Å². The van der Waals surface area contributed by atoms with Gasteiger partial charge in [0.25, 0.3) is 0 Å². The maximum absolute atomic E-state index is 13.2. The van der Waals surface area contributed by atoms with Gasteiger partial charge in [-0.15, -0.1) is 0 Å². The Labute approximate surface area is 153 Å². The Hall–Kier alpha value is -3.08. The van der Waals surface area contributed by atoms with Crippen LogP contribution in [0.5, 0.6) is 0 Å². The molecule has 0 unspecified atom stereocenters. The lowest BCUT2D eigenvalue weighted by molar-refractivity contribution is 0.253. The van der Waals surface area contributed by atoms with Gasteiger partial charge in [0.2, 0.25) is 0 Å². The molecule has 1 aromatic heterocycles. The molecule has 2 amide bonds. The zero-order valence-electron chi connectivity index (χ0n) is 15.3. The minimum absolute atomic E-state index is 0.0160. The number of rotatable bonds is 2. The highest BCUT2D eigenvalue weighted by Gasteiger charge is 2.28. The van der Waals surface area contributed by atoms with Crippen molar-refractivity contribution in [3.63, 3.8) is 0 Å². The van der Waals surface area contributed by atoms with Crippen LogP contribution in [0, 0.1) is 0 Å². The van der Waals surface area contributed by atoms with Crippen molar-refractivity contribution in [2.75, 3.05) is 42.4 Å². The monoisotopic (exact) mass is 346 g/mol. The van der Waals surface area contributed by atoms with E-state index in [0.29, 0.717) is 6.54 Å². The number of pyridine rings is 1. The molecule has 0 saturated heterocycles. The van der Waals surface area contributed by atoms with Crippen LogP contribution in [-0.2, 0) is 6.42 Å². The normalized spacial score (nSPS) is 13.0. The van der Waals surface area contributed by atoms with Crippen LogP contribution in [0.4, 0.5) is 21.9 Å². The van der Waals surface area contributed by atoms with Gasteiger partial charge in [0.15, 0.2) is 0 Å². The SMILES string of the molecule is CN(C)c1ccc2c(c1)CCN2C(=O)N(C)c1ccnc2ccccc12. The molecule has 132 valence electrons. The minimum Gasteiger partial charge on any atom is -0.378 e. The molecular formula is C21H22N4O. The van der Waals surface area contributed by atoms with Gasteiger partial charge in [-0.05, 0) is 42.3 Å². The molecule has 0 atom stereocenters. The van der Waals surface area contributed by atoms with Crippen molar-refractivity contribution in [3.05, 3.63) is 60.3 Å². The number of nitrogens with zero attached hydrogens (tertiary/aromatic N) is 4. The van der Waals surface area contributed by atoms with Crippen LogP contribution in [0.3, 0.4) is 0 Å². The summed E-state index contributed by atoms with van der Waals surface area (Å²) in [4.78, 5) is 23.2. The van der Waals surface area contributed by atoms with E-state index >= 15 is 0 Å². The Morgan fingerprint density at radius 2 is 1.88 bits per heavy atom. The minimum atomic E-state index is -0.0160. The number of benzene rings is 2. The van der Waals surface area contributed by atoms with E-state index < -0.39 is 0 Å². The number of hydrogen-bond acceptors (Lipinski definition) is 3. The highest BCUT2D eigenvalue weighted by atomic mass is 16.2. The smallest absolute Gasteiger partial charge is 0.328 e. The summed E-state index contributed by atoms with van der Waals surface area (Å²) in [5.41, 5.74) is 5.15. The Bertz CT molecular complexity index is 977. The van der Waals surface area contributed by atoms with E-state index in [1.807, 2.05) is 62.4 Å². The average Bonchev–Trinajstić information content (AvgIpc) is 3.09. The molecular weight excluding hydrogens is 324 g/mol. The van der Waals surface area contributed by atoms with Crippen molar-refractivity contribution in [1.82, 2.24) is 4.98 Å². The molecule has 5 heteroatoms. The lowest BCUT2D eigenvalue weighted by atomic mass is 10.1. The number of urea groups is 1. The molecule has 0 aliphatic carbocycles. The van der Waals surface area contributed by atoms with Crippen LogP contribution in [0.2, 0.25) is 0 Å². The maximum Gasteiger partial charge on any atom is 0.328 e. The predicted molar refractivity (Wildman–Crippen MR) is 107 cm³/mol. The van der Waals surface area contributed by atoms with Crippen molar-refractivity contribution < 1.29 is 4.79 Å². The van der Waals surface area contributed by atoms with Crippen molar-refractivity contribution >= 4 is 34.0 Å². The highest BCUT2D eigenvalue weighted by molar-refractivity contribution is 6.08. The molecule has 0 bridgehead atoms. The van der Waals surface area contributed by atoms with Crippen LogP contribution in [0.25, 0.3) is 10.9 Å². The van der Waals surface area contributed by atoms with Gasteiger partial charge in [-0.1, -0.05) is 18.2 Å². The van der Waals surface area contributed by atoms with Crippen molar-refractivity contribution in [2.45, 2.75) is 6.42 Å². The van der Waals surface area contributed by atoms with E-state index in [0.717, 1.165) is 34.4 Å². The molecule has 0 fully saturated rings. The molecule has 0 N–H and O–H groups in total. The van der Waals surface area contributed by atoms with Crippen molar-refractivity contribution in [2.24, 2.45) is 0 Å². The second-order valence-electron chi connectivity index (χ2n) is 6.80. The fourth-order valence-electron chi connectivity index (χ4n) is 3.52. The molecule has 2 heterocycles. The first kappa shape index (κ1) is 16.4. The number of aromatic nitrogens is 1. The lowest BCUT2D eigenvalue weighted by Gasteiger charge is -2.26. The van der Waals surface area contributed by atoms with E-state index in [-0.39, 0.29) is 6.03 Å². The van der Waals surface area contributed by atoms with Crippen LogP contribution < -0.4 is 14.7 Å². The quantitative estimate of drug-likeness (QED) is 0.706. The van der Waals surface area contributed by atoms with Crippen LogP contribution in [0.1, 0.15) is 5.56 Å². The fourth-order valence-corrected chi connectivity index (χ4v) is 3.52. The molecule has 4 rings (SSSR count). The number of amides is 2. The number of anilines is 3. The molecule has 1 aliphatic rings. The first-order valence-corrected chi connectivity index (χ1v) is 8.75. The second-order valence-corrected chi connectivity index (χ2v) is 6.80. The Morgan fingerprint density at radius 1 is 1.08 bits per heavy atom. The summed E-state index contributed by atoms with van der Waals surface area (Å²) in [6.07, 6.45) is 2.64. The van der Waals surface area contributed by atoms with Crippen LogP contribution >= 0.6 is 0 Å². The summed E-state index contributed by atoms with van der Waals surface area (Å²) in [6, 6.07) is 16.1. The third-order valence-corrected chi connectivity index (χ3v) is 4.98. The van der Waals surface area contributed by atoms with Crippen molar-refractivity contribution in [3.8, 4) is 0 Å². The number of hydrogen-bond donors (Lipinski definition) is 0. The van der Waals surface area contributed by atoms with Gasteiger partial charge < -0.3 is 4.90 Å². The van der Waals surface area contributed by atoms with Crippen LogP contribution in [-0.4, -0.2) is 38.7 Å². The highest BCUT2D eigenvalue weighted by Crippen LogP contribution is 2.33. The number of carbonyl (C=O) groups is 1. The fraction of sp³-hybridized carbons (Fsp3) is 0.238. The van der Waals surface area contributed by atoms with E-state index in [9.17, 15) is 4.79 Å². The summed E-state index contributed by atoms with van der Waals surface area (Å²) in [5, 5.41) is 0.980.